The maximum absolute atomic E-state index is 14.2. The summed E-state index contributed by atoms with van der Waals surface area (Å²) in [6.45, 7) is 6.55. The van der Waals surface area contributed by atoms with E-state index in [9.17, 15) is 18.0 Å². The number of methoxy groups -OCH3 is 1. The largest absolute Gasteiger partial charge is 0.495 e. The summed E-state index contributed by atoms with van der Waals surface area (Å²) in [5, 5.41) is 3.50. The smallest absolute Gasteiger partial charge is 0.264 e. The number of hydrogen-bond acceptors (Lipinski definition) is 5. The molecule has 0 saturated carbocycles. The predicted octanol–water partition coefficient (Wildman–Crippen LogP) is 5.84. The van der Waals surface area contributed by atoms with Gasteiger partial charge in [-0.2, -0.15) is 0 Å². The van der Waals surface area contributed by atoms with Crippen molar-refractivity contribution < 1.29 is 22.7 Å². The number of rotatable bonds is 12. The minimum atomic E-state index is -4.24. The van der Waals surface area contributed by atoms with E-state index in [1.165, 1.54) is 24.1 Å². The monoisotopic (exact) mass is 619 g/mol. The van der Waals surface area contributed by atoms with Crippen molar-refractivity contribution in [3.63, 3.8) is 0 Å². The fourth-order valence-electron chi connectivity index (χ4n) is 4.34. The molecule has 3 aromatic carbocycles. The molecule has 0 heterocycles. The van der Waals surface area contributed by atoms with E-state index in [0.717, 1.165) is 9.87 Å². The molecule has 0 saturated heterocycles. The molecular formula is C30H35Cl2N3O5S. The minimum Gasteiger partial charge on any atom is -0.495 e. The summed E-state index contributed by atoms with van der Waals surface area (Å²) in [4.78, 5) is 28.8. The van der Waals surface area contributed by atoms with Gasteiger partial charge in [-0.05, 0) is 63.6 Å². The van der Waals surface area contributed by atoms with Crippen LogP contribution in [0.5, 0.6) is 5.75 Å². The first-order valence-corrected chi connectivity index (χ1v) is 15.3. The van der Waals surface area contributed by atoms with Gasteiger partial charge < -0.3 is 15.0 Å². The first-order chi connectivity index (χ1) is 19.4. The molecule has 0 aromatic heterocycles. The number of para-hydroxylation sites is 2. The molecular weight excluding hydrogens is 585 g/mol. The van der Waals surface area contributed by atoms with E-state index < -0.39 is 28.5 Å². The Morgan fingerprint density at radius 1 is 0.951 bits per heavy atom. The Hall–Kier alpha value is -3.27. The van der Waals surface area contributed by atoms with Crippen molar-refractivity contribution in [3.8, 4) is 5.75 Å². The van der Waals surface area contributed by atoms with Gasteiger partial charge in [-0.3, -0.25) is 13.9 Å². The zero-order valence-corrected chi connectivity index (χ0v) is 26.1. The molecule has 0 aliphatic rings. The maximum atomic E-state index is 14.2. The number of nitrogens with zero attached hydrogens (tertiary/aromatic N) is 2. The van der Waals surface area contributed by atoms with Crippen molar-refractivity contribution in [2.45, 2.75) is 57.6 Å². The van der Waals surface area contributed by atoms with E-state index in [0.29, 0.717) is 15.6 Å². The third kappa shape index (κ3) is 7.72. The topological polar surface area (TPSA) is 96.0 Å². The first kappa shape index (κ1) is 32.2. The summed E-state index contributed by atoms with van der Waals surface area (Å²) < 4.78 is 34.5. The highest BCUT2D eigenvalue weighted by atomic mass is 35.5. The van der Waals surface area contributed by atoms with E-state index in [4.69, 9.17) is 27.9 Å². The highest BCUT2D eigenvalue weighted by Gasteiger charge is 2.35. The second kappa shape index (κ2) is 14.1. The Kier molecular flexibility index (Phi) is 11.1. The molecule has 0 radical (unpaired) electrons. The van der Waals surface area contributed by atoms with Crippen molar-refractivity contribution in [1.82, 2.24) is 10.2 Å². The number of carbonyl (C=O) groups excluding carboxylic acids is 2. The van der Waals surface area contributed by atoms with Gasteiger partial charge in [0.2, 0.25) is 11.8 Å². The van der Waals surface area contributed by atoms with Gasteiger partial charge in [0.15, 0.2) is 0 Å². The highest BCUT2D eigenvalue weighted by molar-refractivity contribution is 7.92. The molecule has 2 amide bonds. The Morgan fingerprint density at radius 2 is 1.56 bits per heavy atom. The Bertz CT molecular complexity index is 1460. The van der Waals surface area contributed by atoms with Crippen molar-refractivity contribution in [2.24, 2.45) is 0 Å². The number of aryl methyl sites for hydroxylation is 1. The van der Waals surface area contributed by atoms with Gasteiger partial charge in [0.1, 0.15) is 18.3 Å². The first-order valence-electron chi connectivity index (χ1n) is 13.2. The van der Waals surface area contributed by atoms with E-state index in [1.54, 1.807) is 61.5 Å². The van der Waals surface area contributed by atoms with Crippen LogP contribution in [0.3, 0.4) is 0 Å². The molecule has 0 aliphatic heterocycles. The number of anilines is 1. The van der Waals surface area contributed by atoms with E-state index >= 15 is 0 Å². The number of halogens is 2. The van der Waals surface area contributed by atoms with E-state index in [2.05, 4.69) is 5.32 Å². The zero-order valence-electron chi connectivity index (χ0n) is 23.7. The van der Waals surface area contributed by atoms with Crippen LogP contribution in [0.15, 0.2) is 71.6 Å². The van der Waals surface area contributed by atoms with Gasteiger partial charge in [0.05, 0.1) is 17.7 Å². The lowest BCUT2D eigenvalue weighted by molar-refractivity contribution is -0.140. The third-order valence-electron chi connectivity index (χ3n) is 6.45. The van der Waals surface area contributed by atoms with Crippen LogP contribution in [-0.4, -0.2) is 50.9 Å². The second-order valence-electron chi connectivity index (χ2n) is 9.81. The Labute approximate surface area is 252 Å². The lowest BCUT2D eigenvalue weighted by atomic mass is 10.1. The summed E-state index contributed by atoms with van der Waals surface area (Å²) in [6.07, 6.45) is 0.270. The number of hydrogen-bond donors (Lipinski definition) is 1. The Morgan fingerprint density at radius 3 is 2.12 bits per heavy atom. The van der Waals surface area contributed by atoms with Crippen molar-refractivity contribution in [1.29, 1.82) is 0 Å². The fourth-order valence-corrected chi connectivity index (χ4v) is 6.28. The molecule has 0 spiro atoms. The number of sulfonamides is 1. The van der Waals surface area contributed by atoms with Gasteiger partial charge in [0, 0.05) is 28.2 Å². The molecule has 3 rings (SSSR count). The quantitative estimate of drug-likeness (QED) is 0.275. The predicted molar refractivity (Wildman–Crippen MR) is 163 cm³/mol. The number of benzene rings is 3. The van der Waals surface area contributed by atoms with Crippen LogP contribution in [0.1, 0.15) is 38.3 Å². The van der Waals surface area contributed by atoms with Crippen LogP contribution in [0.2, 0.25) is 10.0 Å². The molecule has 8 nitrogen and oxygen atoms in total. The average molecular weight is 621 g/mol. The van der Waals surface area contributed by atoms with Crippen LogP contribution in [0, 0.1) is 6.92 Å². The molecule has 0 bridgehead atoms. The number of nitrogens with one attached hydrogen (secondary N) is 1. The number of carbonyl (C=O) groups is 2. The molecule has 0 unspecified atom stereocenters. The van der Waals surface area contributed by atoms with Crippen LogP contribution in [0.25, 0.3) is 0 Å². The lowest BCUT2D eigenvalue weighted by Crippen LogP contribution is -2.53. The molecule has 3 aromatic rings. The zero-order chi connectivity index (χ0) is 30.3. The summed E-state index contributed by atoms with van der Waals surface area (Å²) in [6, 6.07) is 16.8. The molecule has 11 heteroatoms. The van der Waals surface area contributed by atoms with Gasteiger partial charge in [-0.25, -0.2) is 8.42 Å². The van der Waals surface area contributed by atoms with Gasteiger partial charge in [-0.1, -0.05) is 66.0 Å². The van der Waals surface area contributed by atoms with Crippen molar-refractivity contribution >= 4 is 50.7 Å². The fraction of sp³-hybridized carbons (Fsp3) is 0.333. The average Bonchev–Trinajstić information content (AvgIpc) is 2.92. The van der Waals surface area contributed by atoms with Crippen LogP contribution >= 0.6 is 23.2 Å². The highest BCUT2D eigenvalue weighted by Crippen LogP contribution is 2.33. The lowest BCUT2D eigenvalue weighted by Gasteiger charge is -2.34. The number of amides is 2. The van der Waals surface area contributed by atoms with Crippen LogP contribution in [-0.2, 0) is 26.2 Å². The summed E-state index contributed by atoms with van der Waals surface area (Å²) in [5.41, 5.74) is 1.51. The third-order valence-corrected chi connectivity index (χ3v) is 8.93. The van der Waals surface area contributed by atoms with Crippen LogP contribution < -0.4 is 14.4 Å². The standard InChI is InChI=1S/C30H35Cl2N3O5S/c1-6-26(30(37)33-20(2)3)34(18-23-24(31)10-9-11-25(23)32)29(36)19-35(27-12-7-8-13-28(27)40-5)41(38,39)22-16-14-21(4)15-17-22/h7-17,20,26H,6,18-19H2,1-5H3,(H,33,37)/t26-/m1/s1. The van der Waals surface area contributed by atoms with E-state index in [1.807, 2.05) is 20.8 Å². The minimum absolute atomic E-state index is 0.00657. The van der Waals surface area contributed by atoms with E-state index in [-0.39, 0.29) is 41.2 Å². The SMILES string of the molecule is CC[C@H](C(=O)NC(C)C)N(Cc1c(Cl)cccc1Cl)C(=O)CN(c1ccccc1OC)S(=O)(=O)c1ccc(C)cc1. The number of ether oxygens (including phenoxy) is 1. The second-order valence-corrected chi connectivity index (χ2v) is 12.5. The summed E-state index contributed by atoms with van der Waals surface area (Å²) in [5.74, 6) is -0.723. The van der Waals surface area contributed by atoms with Gasteiger partial charge in [0.25, 0.3) is 10.0 Å². The molecule has 1 atom stereocenters. The molecule has 0 fully saturated rings. The molecule has 1 N–H and O–H groups in total. The summed E-state index contributed by atoms with van der Waals surface area (Å²) in [7, 11) is -2.82. The molecule has 0 aliphatic carbocycles. The van der Waals surface area contributed by atoms with Gasteiger partial charge >= 0.3 is 0 Å². The maximum Gasteiger partial charge on any atom is 0.264 e. The van der Waals surface area contributed by atoms with Crippen LogP contribution in [0.4, 0.5) is 5.69 Å². The normalized spacial score (nSPS) is 12.1. The molecule has 41 heavy (non-hydrogen) atoms. The van der Waals surface area contributed by atoms with Gasteiger partial charge in [-0.15, -0.1) is 0 Å². The van der Waals surface area contributed by atoms with Crippen molar-refractivity contribution in [2.75, 3.05) is 18.0 Å². The summed E-state index contributed by atoms with van der Waals surface area (Å²) >= 11 is 12.9. The van der Waals surface area contributed by atoms with Crippen molar-refractivity contribution in [3.05, 3.63) is 87.9 Å². The Balaban J connectivity index is 2.14. The molecule has 220 valence electrons.